The van der Waals surface area contributed by atoms with Crippen LogP contribution in [0.3, 0.4) is 0 Å². The number of anilines is 1. The van der Waals surface area contributed by atoms with Gasteiger partial charge in [0.1, 0.15) is 5.75 Å². The molecule has 1 fully saturated rings. The zero-order valence-electron chi connectivity index (χ0n) is 18.1. The van der Waals surface area contributed by atoms with Gasteiger partial charge in [-0.1, -0.05) is 44.2 Å². The predicted octanol–water partition coefficient (Wildman–Crippen LogP) is 3.61. The van der Waals surface area contributed by atoms with E-state index in [4.69, 9.17) is 4.74 Å². The standard InChI is InChI=1S/C24H31N3O3/c1-4-18(2)19-9-6-8-12-22(19)30-17-23(28)25-21-11-7-5-10-20(21)24(29)27-15-13-26(3)14-16-27/h5-12,18H,4,13-17H2,1-3H3,(H,25,28). The summed E-state index contributed by atoms with van der Waals surface area (Å²) in [5.74, 6) is 0.740. The van der Waals surface area contributed by atoms with Crippen LogP contribution in [0.15, 0.2) is 48.5 Å². The Morgan fingerprint density at radius 1 is 1.03 bits per heavy atom. The summed E-state index contributed by atoms with van der Waals surface area (Å²) in [4.78, 5) is 29.6. The van der Waals surface area contributed by atoms with Gasteiger partial charge in [-0.2, -0.15) is 0 Å². The van der Waals surface area contributed by atoms with Crippen LogP contribution < -0.4 is 10.1 Å². The van der Waals surface area contributed by atoms with E-state index in [1.165, 1.54) is 0 Å². The number of piperazine rings is 1. The summed E-state index contributed by atoms with van der Waals surface area (Å²) in [6.45, 7) is 7.24. The van der Waals surface area contributed by atoms with Gasteiger partial charge < -0.3 is 19.9 Å². The first-order chi connectivity index (χ1) is 14.5. The highest BCUT2D eigenvalue weighted by Gasteiger charge is 2.23. The minimum absolute atomic E-state index is 0.0537. The highest BCUT2D eigenvalue weighted by molar-refractivity contribution is 6.04. The van der Waals surface area contributed by atoms with Crippen LogP contribution in [-0.4, -0.2) is 61.4 Å². The maximum Gasteiger partial charge on any atom is 0.262 e. The molecule has 1 N–H and O–H groups in total. The molecule has 1 heterocycles. The average molecular weight is 410 g/mol. The zero-order chi connectivity index (χ0) is 21.5. The number of benzene rings is 2. The Labute approximate surface area is 178 Å². The Morgan fingerprint density at radius 3 is 2.43 bits per heavy atom. The van der Waals surface area contributed by atoms with Crippen molar-refractivity contribution in [1.29, 1.82) is 0 Å². The van der Waals surface area contributed by atoms with Crippen LogP contribution in [0.2, 0.25) is 0 Å². The van der Waals surface area contributed by atoms with Crippen LogP contribution in [0.25, 0.3) is 0 Å². The van der Waals surface area contributed by atoms with E-state index in [2.05, 4.69) is 31.1 Å². The third-order valence-corrected chi connectivity index (χ3v) is 5.64. The molecule has 2 aromatic rings. The summed E-state index contributed by atoms with van der Waals surface area (Å²) in [6.07, 6.45) is 0.994. The number of rotatable bonds is 7. The molecule has 160 valence electrons. The number of amides is 2. The molecule has 6 nitrogen and oxygen atoms in total. The van der Waals surface area contributed by atoms with Crippen molar-refractivity contribution in [2.45, 2.75) is 26.2 Å². The normalized spacial score (nSPS) is 15.5. The molecule has 3 rings (SSSR count). The average Bonchev–Trinajstić information content (AvgIpc) is 2.78. The van der Waals surface area contributed by atoms with Gasteiger partial charge in [-0.05, 0) is 43.1 Å². The number of ether oxygens (including phenoxy) is 1. The van der Waals surface area contributed by atoms with E-state index < -0.39 is 0 Å². The maximum absolute atomic E-state index is 13.0. The molecule has 0 aliphatic carbocycles. The fourth-order valence-electron chi connectivity index (χ4n) is 3.53. The van der Waals surface area contributed by atoms with Gasteiger partial charge in [0.15, 0.2) is 6.61 Å². The molecular formula is C24H31N3O3. The predicted molar refractivity (Wildman–Crippen MR) is 119 cm³/mol. The van der Waals surface area contributed by atoms with Crippen LogP contribution in [0.4, 0.5) is 5.69 Å². The second kappa shape index (κ2) is 10.3. The molecular weight excluding hydrogens is 378 g/mol. The smallest absolute Gasteiger partial charge is 0.262 e. The minimum atomic E-state index is -0.285. The summed E-state index contributed by atoms with van der Waals surface area (Å²) < 4.78 is 5.81. The summed E-state index contributed by atoms with van der Waals surface area (Å²) in [6, 6.07) is 15.0. The maximum atomic E-state index is 13.0. The van der Waals surface area contributed by atoms with E-state index in [-0.39, 0.29) is 18.4 Å². The number of nitrogens with one attached hydrogen (secondary N) is 1. The van der Waals surface area contributed by atoms with Gasteiger partial charge in [0.05, 0.1) is 11.3 Å². The van der Waals surface area contributed by atoms with Crippen LogP contribution in [0.5, 0.6) is 5.75 Å². The zero-order valence-corrected chi connectivity index (χ0v) is 18.1. The number of carbonyl (C=O) groups excluding carboxylic acids is 2. The molecule has 1 aliphatic heterocycles. The third-order valence-electron chi connectivity index (χ3n) is 5.64. The lowest BCUT2D eigenvalue weighted by atomic mass is 9.98. The quantitative estimate of drug-likeness (QED) is 0.759. The molecule has 0 radical (unpaired) electrons. The molecule has 6 heteroatoms. The molecule has 0 saturated carbocycles. The fourth-order valence-corrected chi connectivity index (χ4v) is 3.53. The van der Waals surface area contributed by atoms with Gasteiger partial charge in [0.2, 0.25) is 0 Å². The van der Waals surface area contributed by atoms with Crippen molar-refractivity contribution >= 4 is 17.5 Å². The van der Waals surface area contributed by atoms with E-state index in [1.807, 2.05) is 41.3 Å². The molecule has 0 spiro atoms. The van der Waals surface area contributed by atoms with Crippen molar-refractivity contribution in [3.8, 4) is 5.75 Å². The van der Waals surface area contributed by atoms with Crippen molar-refractivity contribution in [3.05, 3.63) is 59.7 Å². The Balaban J connectivity index is 1.65. The van der Waals surface area contributed by atoms with E-state index >= 15 is 0 Å². The third kappa shape index (κ3) is 5.39. The topological polar surface area (TPSA) is 61.9 Å². The van der Waals surface area contributed by atoms with Crippen LogP contribution in [-0.2, 0) is 4.79 Å². The highest BCUT2D eigenvalue weighted by Crippen LogP contribution is 2.28. The van der Waals surface area contributed by atoms with E-state index in [1.54, 1.807) is 12.1 Å². The lowest BCUT2D eigenvalue weighted by molar-refractivity contribution is -0.118. The molecule has 1 unspecified atom stereocenters. The van der Waals surface area contributed by atoms with Gasteiger partial charge in [0.25, 0.3) is 11.8 Å². The van der Waals surface area contributed by atoms with Crippen molar-refractivity contribution in [3.63, 3.8) is 0 Å². The second-order valence-electron chi connectivity index (χ2n) is 7.83. The van der Waals surface area contributed by atoms with Crippen molar-refractivity contribution < 1.29 is 14.3 Å². The summed E-state index contributed by atoms with van der Waals surface area (Å²) in [7, 11) is 2.05. The van der Waals surface area contributed by atoms with Crippen LogP contribution >= 0.6 is 0 Å². The number of para-hydroxylation sites is 2. The monoisotopic (exact) mass is 409 g/mol. The number of nitrogens with zero attached hydrogens (tertiary/aromatic N) is 2. The largest absolute Gasteiger partial charge is 0.483 e. The molecule has 30 heavy (non-hydrogen) atoms. The first-order valence-electron chi connectivity index (χ1n) is 10.6. The van der Waals surface area contributed by atoms with Gasteiger partial charge in [0, 0.05) is 26.2 Å². The summed E-state index contributed by atoms with van der Waals surface area (Å²) in [5, 5.41) is 2.85. The van der Waals surface area contributed by atoms with Gasteiger partial charge in [-0.3, -0.25) is 9.59 Å². The molecule has 0 bridgehead atoms. The Morgan fingerprint density at radius 2 is 1.70 bits per heavy atom. The van der Waals surface area contributed by atoms with Gasteiger partial charge in [-0.25, -0.2) is 0 Å². The minimum Gasteiger partial charge on any atom is -0.483 e. The van der Waals surface area contributed by atoms with Crippen molar-refractivity contribution in [2.24, 2.45) is 0 Å². The van der Waals surface area contributed by atoms with Crippen LogP contribution in [0.1, 0.15) is 42.1 Å². The molecule has 0 aromatic heterocycles. The van der Waals surface area contributed by atoms with Gasteiger partial charge >= 0.3 is 0 Å². The van der Waals surface area contributed by atoms with Crippen molar-refractivity contribution in [2.75, 3.05) is 45.2 Å². The van der Waals surface area contributed by atoms with Crippen LogP contribution in [0, 0.1) is 0 Å². The highest BCUT2D eigenvalue weighted by atomic mass is 16.5. The molecule has 2 aromatic carbocycles. The van der Waals surface area contributed by atoms with E-state index in [0.717, 1.165) is 30.8 Å². The number of hydrogen-bond acceptors (Lipinski definition) is 4. The molecule has 1 aliphatic rings. The molecule has 1 atom stereocenters. The number of carbonyl (C=O) groups is 2. The molecule has 1 saturated heterocycles. The lowest BCUT2D eigenvalue weighted by Crippen LogP contribution is -2.47. The summed E-state index contributed by atoms with van der Waals surface area (Å²) in [5.41, 5.74) is 2.12. The second-order valence-corrected chi connectivity index (χ2v) is 7.83. The van der Waals surface area contributed by atoms with E-state index in [0.29, 0.717) is 30.3 Å². The number of hydrogen-bond donors (Lipinski definition) is 1. The first-order valence-corrected chi connectivity index (χ1v) is 10.6. The lowest BCUT2D eigenvalue weighted by Gasteiger charge is -2.32. The Hall–Kier alpha value is -2.86. The van der Waals surface area contributed by atoms with Crippen molar-refractivity contribution in [1.82, 2.24) is 9.80 Å². The van der Waals surface area contributed by atoms with E-state index in [9.17, 15) is 9.59 Å². The summed E-state index contributed by atoms with van der Waals surface area (Å²) >= 11 is 0. The Bertz CT molecular complexity index is 876. The fraction of sp³-hybridized carbons (Fsp3) is 0.417. The molecule has 2 amide bonds. The number of likely N-dealkylation sites (N-methyl/N-ethyl adjacent to an activating group) is 1. The Kier molecular flexibility index (Phi) is 7.46. The van der Waals surface area contributed by atoms with Gasteiger partial charge in [-0.15, -0.1) is 0 Å². The first kappa shape index (κ1) is 21.8. The SMILES string of the molecule is CCC(C)c1ccccc1OCC(=O)Nc1ccccc1C(=O)N1CCN(C)CC1.